The molecule has 0 radical (unpaired) electrons. The van der Waals surface area contributed by atoms with Crippen LogP contribution in [-0.4, -0.2) is 4.98 Å². The molecule has 1 heterocycles. The topological polar surface area (TPSA) is 29.3 Å². The number of aromatic nitrogens is 1. The molecule has 11 aromatic rings. The first-order chi connectivity index (χ1) is 27.7. The highest BCUT2D eigenvalue weighted by Gasteiger charge is 2.21. The second kappa shape index (κ2) is 13.1. The van der Waals surface area contributed by atoms with Crippen molar-refractivity contribution in [3.8, 4) is 33.7 Å². The van der Waals surface area contributed by atoms with Gasteiger partial charge in [0.15, 0.2) is 5.58 Å². The van der Waals surface area contributed by atoms with E-state index >= 15 is 0 Å². The van der Waals surface area contributed by atoms with E-state index in [-0.39, 0.29) is 0 Å². The fourth-order valence-electron chi connectivity index (χ4n) is 8.30. The summed E-state index contributed by atoms with van der Waals surface area (Å²) in [7, 11) is 0. The average molecular weight is 715 g/mol. The Labute approximate surface area is 324 Å². The molecule has 0 N–H and O–H groups in total. The van der Waals surface area contributed by atoms with E-state index in [1.165, 1.54) is 33.0 Å². The molecule has 0 unspecified atom stereocenters. The number of oxazole rings is 1. The van der Waals surface area contributed by atoms with Crippen molar-refractivity contribution in [1.29, 1.82) is 0 Å². The van der Waals surface area contributed by atoms with Crippen molar-refractivity contribution in [2.45, 2.75) is 0 Å². The lowest BCUT2D eigenvalue weighted by atomic mass is 9.94. The lowest BCUT2D eigenvalue weighted by Gasteiger charge is -2.28. The van der Waals surface area contributed by atoms with Crippen LogP contribution in [0, 0.1) is 0 Å². The van der Waals surface area contributed by atoms with E-state index in [0.717, 1.165) is 66.0 Å². The summed E-state index contributed by atoms with van der Waals surface area (Å²) in [5.74, 6) is 0.628. The van der Waals surface area contributed by atoms with E-state index in [4.69, 9.17) is 9.40 Å². The Morgan fingerprint density at radius 2 is 0.893 bits per heavy atom. The van der Waals surface area contributed by atoms with Crippen LogP contribution in [0.5, 0.6) is 0 Å². The summed E-state index contributed by atoms with van der Waals surface area (Å²) < 4.78 is 6.64. The standard InChI is InChI=1S/C53H34N2O/c1-4-12-35(13-5-1)37-24-28-44(29-25-37)55(45-30-26-41-32-40(21-22-42(41)33-45)36-14-6-2-7-15-36)49-34-43-23-20-38-27-31-48-52(56-53(54-48)39-16-8-3-9-17-39)51(38)50(43)47-19-11-10-18-46(47)49/h1-34H. The van der Waals surface area contributed by atoms with E-state index in [9.17, 15) is 0 Å². The van der Waals surface area contributed by atoms with E-state index in [1.807, 2.05) is 30.3 Å². The SMILES string of the molecule is c1ccc(-c2ccc(N(c3ccc4cc(-c5ccccc5)ccc4c3)c3cc4ccc5ccc6nc(-c7ccccc7)oc6c5c4c4ccccc34)cc2)cc1. The first-order valence-corrected chi connectivity index (χ1v) is 19.0. The Balaban J connectivity index is 1.14. The summed E-state index contributed by atoms with van der Waals surface area (Å²) in [6.07, 6.45) is 0. The molecule has 0 aliphatic carbocycles. The Morgan fingerprint density at radius 1 is 0.357 bits per heavy atom. The van der Waals surface area contributed by atoms with Crippen LogP contribution in [0.25, 0.3) is 87.9 Å². The molecule has 0 atom stereocenters. The van der Waals surface area contributed by atoms with Crippen molar-refractivity contribution in [3.05, 3.63) is 206 Å². The lowest BCUT2D eigenvalue weighted by Crippen LogP contribution is -2.10. The minimum Gasteiger partial charge on any atom is -0.435 e. The summed E-state index contributed by atoms with van der Waals surface area (Å²) in [5, 5.41) is 9.20. The van der Waals surface area contributed by atoms with Crippen LogP contribution in [0.4, 0.5) is 17.1 Å². The Hall–Kier alpha value is -7.49. The van der Waals surface area contributed by atoms with Gasteiger partial charge in [-0.3, -0.25) is 0 Å². The van der Waals surface area contributed by atoms with Crippen LogP contribution >= 0.6 is 0 Å². The minimum absolute atomic E-state index is 0.628. The molecule has 11 rings (SSSR count). The summed E-state index contributed by atoms with van der Waals surface area (Å²) >= 11 is 0. The second-order valence-electron chi connectivity index (χ2n) is 14.4. The number of nitrogens with zero attached hydrogens (tertiary/aromatic N) is 2. The van der Waals surface area contributed by atoms with Crippen LogP contribution in [0.15, 0.2) is 211 Å². The van der Waals surface area contributed by atoms with Crippen LogP contribution in [0.3, 0.4) is 0 Å². The predicted octanol–water partition coefficient (Wildman–Crippen LogP) is 14.9. The Kier molecular flexibility index (Phi) is 7.49. The Bertz CT molecular complexity index is 3230. The number of benzene rings is 10. The van der Waals surface area contributed by atoms with Gasteiger partial charge in [0.1, 0.15) is 5.52 Å². The average Bonchev–Trinajstić information content (AvgIpc) is 3.72. The van der Waals surface area contributed by atoms with Crippen molar-refractivity contribution in [1.82, 2.24) is 4.98 Å². The van der Waals surface area contributed by atoms with Gasteiger partial charge in [-0.15, -0.1) is 0 Å². The number of anilines is 3. The molecule has 0 spiro atoms. The first kappa shape index (κ1) is 32.0. The zero-order chi connectivity index (χ0) is 37.0. The van der Waals surface area contributed by atoms with E-state index in [1.54, 1.807) is 0 Å². The van der Waals surface area contributed by atoms with Gasteiger partial charge in [-0.2, -0.15) is 0 Å². The van der Waals surface area contributed by atoms with Gasteiger partial charge in [0.2, 0.25) is 5.89 Å². The van der Waals surface area contributed by atoms with Crippen LogP contribution in [0.1, 0.15) is 0 Å². The molecule has 1 aromatic heterocycles. The zero-order valence-electron chi connectivity index (χ0n) is 30.4. The quantitative estimate of drug-likeness (QED) is 0.161. The van der Waals surface area contributed by atoms with Gasteiger partial charge in [0.05, 0.1) is 5.69 Å². The molecule has 0 fully saturated rings. The molecule has 0 aliphatic rings. The van der Waals surface area contributed by atoms with Crippen molar-refractivity contribution in [2.24, 2.45) is 0 Å². The summed E-state index contributed by atoms with van der Waals surface area (Å²) in [5.41, 5.74) is 10.7. The van der Waals surface area contributed by atoms with Crippen molar-refractivity contribution < 1.29 is 4.42 Å². The van der Waals surface area contributed by atoms with Crippen LogP contribution in [-0.2, 0) is 0 Å². The molecule has 0 aliphatic heterocycles. The van der Waals surface area contributed by atoms with Crippen LogP contribution < -0.4 is 4.90 Å². The van der Waals surface area contributed by atoms with Gasteiger partial charge < -0.3 is 9.32 Å². The third kappa shape index (κ3) is 5.40. The van der Waals surface area contributed by atoms with Gasteiger partial charge in [-0.1, -0.05) is 152 Å². The molecule has 262 valence electrons. The van der Waals surface area contributed by atoms with Crippen LogP contribution in [0.2, 0.25) is 0 Å². The maximum absolute atomic E-state index is 6.64. The number of hydrogen-bond donors (Lipinski definition) is 0. The van der Waals surface area contributed by atoms with Gasteiger partial charge in [0, 0.05) is 33.1 Å². The summed E-state index contributed by atoms with van der Waals surface area (Å²) in [6.45, 7) is 0. The number of rotatable bonds is 6. The molecule has 3 nitrogen and oxygen atoms in total. The van der Waals surface area contributed by atoms with Crippen molar-refractivity contribution in [2.75, 3.05) is 4.90 Å². The highest BCUT2D eigenvalue weighted by Crippen LogP contribution is 2.46. The highest BCUT2D eigenvalue weighted by atomic mass is 16.3. The van der Waals surface area contributed by atoms with Crippen molar-refractivity contribution >= 4 is 71.3 Å². The van der Waals surface area contributed by atoms with E-state index in [2.05, 4.69) is 181 Å². The van der Waals surface area contributed by atoms with E-state index in [0.29, 0.717) is 5.89 Å². The first-order valence-electron chi connectivity index (χ1n) is 19.0. The predicted molar refractivity (Wildman–Crippen MR) is 235 cm³/mol. The maximum atomic E-state index is 6.64. The zero-order valence-corrected chi connectivity index (χ0v) is 30.4. The third-order valence-corrected chi connectivity index (χ3v) is 11.0. The summed E-state index contributed by atoms with van der Waals surface area (Å²) in [6, 6.07) is 73.6. The largest absolute Gasteiger partial charge is 0.435 e. The van der Waals surface area contributed by atoms with E-state index < -0.39 is 0 Å². The molecule has 56 heavy (non-hydrogen) atoms. The third-order valence-electron chi connectivity index (χ3n) is 11.0. The molecule has 0 bridgehead atoms. The lowest BCUT2D eigenvalue weighted by molar-refractivity contribution is 0.623. The molecule has 3 heteroatoms. The second-order valence-corrected chi connectivity index (χ2v) is 14.4. The molecule has 0 saturated heterocycles. The fourth-order valence-corrected chi connectivity index (χ4v) is 8.30. The van der Waals surface area contributed by atoms with Gasteiger partial charge in [-0.05, 0) is 104 Å². The van der Waals surface area contributed by atoms with Gasteiger partial charge in [0.25, 0.3) is 0 Å². The molecule has 10 aromatic carbocycles. The van der Waals surface area contributed by atoms with Crippen molar-refractivity contribution in [3.63, 3.8) is 0 Å². The minimum atomic E-state index is 0.628. The normalized spacial score (nSPS) is 11.6. The van der Waals surface area contributed by atoms with Gasteiger partial charge >= 0.3 is 0 Å². The Morgan fingerprint density at radius 3 is 1.64 bits per heavy atom. The number of fused-ring (bicyclic) bond motifs is 8. The maximum Gasteiger partial charge on any atom is 0.227 e. The number of hydrogen-bond acceptors (Lipinski definition) is 3. The molecular formula is C53H34N2O. The molecule has 0 saturated carbocycles. The monoisotopic (exact) mass is 714 g/mol. The molecule has 0 amide bonds. The smallest absolute Gasteiger partial charge is 0.227 e. The van der Waals surface area contributed by atoms with Gasteiger partial charge in [-0.25, -0.2) is 4.98 Å². The fraction of sp³-hybridized carbons (Fsp3) is 0. The molecular weight excluding hydrogens is 681 g/mol. The highest BCUT2D eigenvalue weighted by molar-refractivity contribution is 6.28. The summed E-state index contributed by atoms with van der Waals surface area (Å²) in [4.78, 5) is 7.36.